The van der Waals surface area contributed by atoms with Crippen LogP contribution in [0, 0.1) is 0 Å². The molecular formula is C50H46N6. The lowest BCUT2D eigenvalue weighted by Crippen LogP contribution is -2.43. The molecule has 0 fully saturated rings. The summed E-state index contributed by atoms with van der Waals surface area (Å²) in [6, 6.07) is 30.2. The van der Waals surface area contributed by atoms with Crippen molar-refractivity contribution in [3.63, 3.8) is 0 Å². The zero-order chi connectivity index (χ0) is 58.5. The van der Waals surface area contributed by atoms with Crippen LogP contribution in [0.2, 0.25) is 0 Å². The van der Waals surface area contributed by atoms with Crippen molar-refractivity contribution in [3.8, 4) is 11.4 Å². The van der Waals surface area contributed by atoms with E-state index in [1.54, 1.807) is 40.8 Å². The van der Waals surface area contributed by atoms with Crippen molar-refractivity contribution in [1.82, 2.24) is 27.9 Å². The first-order chi connectivity index (χ1) is 36.8. The van der Waals surface area contributed by atoms with Gasteiger partial charge in [0.1, 0.15) is 0 Å². The van der Waals surface area contributed by atoms with Crippen molar-refractivity contribution in [1.29, 1.82) is 0 Å². The molecule has 10 aromatic rings. The zero-order valence-corrected chi connectivity index (χ0v) is 29.4. The van der Waals surface area contributed by atoms with Crippen molar-refractivity contribution in [2.45, 2.75) is 76.5 Å². The summed E-state index contributed by atoms with van der Waals surface area (Å²) in [5, 5.41) is 0. The van der Waals surface area contributed by atoms with Gasteiger partial charge in [-0.2, -0.15) is 0 Å². The Bertz CT molecular complexity index is 4090. The molecule has 6 heteroatoms. The molecule has 4 aliphatic rings. The summed E-state index contributed by atoms with van der Waals surface area (Å²) in [5.74, 6) is 0.219. The molecule has 0 radical (unpaired) electrons. The van der Waals surface area contributed by atoms with Gasteiger partial charge in [-0.3, -0.25) is 17.9 Å². The molecule has 4 heterocycles. The Hall–Kier alpha value is -6.14. The van der Waals surface area contributed by atoms with Gasteiger partial charge in [-0.1, -0.05) is 128 Å². The predicted molar refractivity (Wildman–Crippen MR) is 231 cm³/mol. The summed E-state index contributed by atoms with van der Waals surface area (Å²) in [6.07, 6.45) is 0. The fourth-order valence-corrected chi connectivity index (χ4v) is 8.46. The van der Waals surface area contributed by atoms with Gasteiger partial charge in [-0.05, 0) is 99.2 Å². The number of imidazole rings is 4. The van der Waals surface area contributed by atoms with Crippen LogP contribution in [0.4, 0.5) is 0 Å². The van der Waals surface area contributed by atoms with Gasteiger partial charge in [0.25, 0.3) is 0 Å². The SMILES string of the molecule is [2H]C([2H])([2H])C1(C([2H])([2H])[2H])c2ccc(cc2)C(C([2H])([2H])[2H])(C([2H])([2H])[2H])C(C([2H])([2H])[2H])(C([2H])([2H])[2H])c2ccc(cc2-n2c3ccc(-n4c5ccccc5n5c6ccccc6nc45)cc3n3c4ccccc4nc23)C1(C([2H])([2H])[2H])C([2H])([2H])[2H]. The average molecular weight is 755 g/mol. The molecule has 0 atom stereocenters. The first-order valence-corrected chi connectivity index (χ1v) is 17.9. The maximum absolute atomic E-state index is 9.53. The molecule has 276 valence electrons. The third kappa shape index (κ3) is 4.06. The molecule has 6 aromatic carbocycles. The Morgan fingerprint density at radius 1 is 0.411 bits per heavy atom. The smallest absolute Gasteiger partial charge is 0.220 e. The van der Waals surface area contributed by atoms with Crippen molar-refractivity contribution in [3.05, 3.63) is 156 Å². The average Bonchev–Trinajstić information content (AvgIpc) is 2.70. The van der Waals surface area contributed by atoms with Gasteiger partial charge in [0.15, 0.2) is 0 Å². The Kier molecular flexibility index (Phi) is 3.26. The van der Waals surface area contributed by atoms with Crippen molar-refractivity contribution in [2.24, 2.45) is 0 Å². The van der Waals surface area contributed by atoms with Gasteiger partial charge in [0, 0.05) is 38.3 Å². The third-order valence-corrected chi connectivity index (χ3v) is 11.5. The van der Waals surface area contributed by atoms with Crippen LogP contribution in [-0.2, 0) is 21.7 Å². The quantitative estimate of drug-likeness (QED) is 0.176. The standard InChI is InChI=1S/C50H46N6/c1-47(2)31-21-23-32(24-22-31)48(3,4)50(7,8)35-27-25-33(49(47,5)6)29-43(35)56-42-28-26-34(30-44(42)55-39-18-12-10-16-37(39)52-46(55)56)53-40-19-13-14-20-41(40)54-38-17-11-9-15-36(38)51-45(53)54/h9-30H,1-8H3/i1D3,2D3,3D3,4D3,5D3,6D3,7D3,8D3. The summed E-state index contributed by atoms with van der Waals surface area (Å²) in [5.41, 5.74) is -17.8. The van der Waals surface area contributed by atoms with E-state index in [1.165, 1.54) is 6.07 Å². The van der Waals surface area contributed by atoms with Gasteiger partial charge in [0.2, 0.25) is 11.6 Å². The molecule has 6 nitrogen and oxygen atoms in total. The van der Waals surface area contributed by atoms with Crippen LogP contribution < -0.4 is 0 Å². The molecule has 0 unspecified atom stereocenters. The lowest BCUT2D eigenvalue weighted by atomic mass is 9.57. The number of benzene rings is 6. The third-order valence-electron chi connectivity index (χ3n) is 11.5. The lowest BCUT2D eigenvalue weighted by Gasteiger charge is -2.47. The minimum atomic E-state index is -4.27. The Morgan fingerprint density at radius 3 is 1.52 bits per heavy atom. The van der Waals surface area contributed by atoms with E-state index in [-0.39, 0.29) is 22.3 Å². The van der Waals surface area contributed by atoms with Crippen molar-refractivity contribution < 1.29 is 32.9 Å². The fourth-order valence-electron chi connectivity index (χ4n) is 8.46. The van der Waals surface area contributed by atoms with Crippen LogP contribution in [0.25, 0.3) is 67.1 Å². The van der Waals surface area contributed by atoms with Gasteiger partial charge in [0.05, 0.1) is 55.5 Å². The molecule has 4 aromatic heterocycles. The van der Waals surface area contributed by atoms with E-state index in [2.05, 4.69) is 0 Å². The van der Waals surface area contributed by atoms with E-state index in [4.69, 9.17) is 9.97 Å². The molecule has 0 aliphatic heterocycles. The molecule has 56 heavy (non-hydrogen) atoms. The largest absolute Gasteiger partial charge is 0.278 e. The molecule has 0 amide bonds. The number of hydrogen-bond acceptors (Lipinski definition) is 2. The Balaban J connectivity index is 1.44. The maximum Gasteiger partial charge on any atom is 0.220 e. The topological polar surface area (TPSA) is 44.5 Å². The summed E-state index contributed by atoms with van der Waals surface area (Å²) in [7, 11) is 0. The molecule has 4 bridgehead atoms. The van der Waals surface area contributed by atoms with Gasteiger partial charge < -0.3 is 0 Å². The zero-order valence-electron chi connectivity index (χ0n) is 53.4. The molecular weight excluding hydrogens is 685 g/mol. The number of para-hydroxylation sites is 6. The van der Waals surface area contributed by atoms with E-state index in [0.717, 1.165) is 15.6 Å². The van der Waals surface area contributed by atoms with Crippen molar-refractivity contribution >= 4 is 55.7 Å². The summed E-state index contributed by atoms with van der Waals surface area (Å²) < 4.78 is 231. The first-order valence-electron chi connectivity index (χ1n) is 29.9. The Morgan fingerprint density at radius 2 is 0.893 bits per heavy atom. The summed E-state index contributed by atoms with van der Waals surface area (Å²) in [4.78, 5) is 9.92. The van der Waals surface area contributed by atoms with Crippen LogP contribution in [-0.4, -0.2) is 27.9 Å². The van der Waals surface area contributed by atoms with Crippen LogP contribution >= 0.6 is 0 Å². The van der Waals surface area contributed by atoms with Crippen LogP contribution in [0.3, 0.4) is 0 Å². The van der Waals surface area contributed by atoms with E-state index < -0.39 is 104 Å². The fraction of sp³-hybridized carbons (Fsp3) is 0.240. The van der Waals surface area contributed by atoms with Crippen LogP contribution in [0.5, 0.6) is 0 Å². The van der Waals surface area contributed by atoms with Crippen LogP contribution in [0.1, 0.15) is 110 Å². The molecule has 0 N–H and O–H groups in total. The van der Waals surface area contributed by atoms with Crippen LogP contribution in [0.15, 0.2) is 133 Å². The Labute approximate surface area is 360 Å². The lowest BCUT2D eigenvalue weighted by molar-refractivity contribution is 0.292. The number of aromatic nitrogens is 6. The highest BCUT2D eigenvalue weighted by Crippen LogP contribution is 2.51. The van der Waals surface area contributed by atoms with E-state index in [1.807, 2.05) is 57.5 Å². The van der Waals surface area contributed by atoms with Gasteiger partial charge >= 0.3 is 0 Å². The monoisotopic (exact) mass is 755 g/mol. The molecule has 4 aliphatic carbocycles. The molecule has 0 saturated heterocycles. The van der Waals surface area contributed by atoms with Crippen molar-refractivity contribution in [2.75, 3.05) is 0 Å². The highest BCUT2D eigenvalue weighted by molar-refractivity contribution is 5.96. The minimum absolute atomic E-state index is 0.0403. The number of rotatable bonds is 2. The number of nitrogens with zero attached hydrogens (tertiary/aromatic N) is 6. The van der Waals surface area contributed by atoms with E-state index in [9.17, 15) is 32.9 Å². The molecule has 0 saturated carbocycles. The second kappa shape index (κ2) is 10.8. The highest BCUT2D eigenvalue weighted by atomic mass is 15.2. The highest BCUT2D eigenvalue weighted by Gasteiger charge is 2.45. The first kappa shape index (κ1) is 16.9. The number of hydrogen-bond donors (Lipinski definition) is 0. The van der Waals surface area contributed by atoms with Gasteiger partial charge in [-0.15, -0.1) is 0 Å². The van der Waals surface area contributed by atoms with Gasteiger partial charge in [-0.25, -0.2) is 9.97 Å². The predicted octanol–water partition coefficient (Wildman–Crippen LogP) is 12.0. The summed E-state index contributed by atoms with van der Waals surface area (Å²) >= 11 is 0. The van der Waals surface area contributed by atoms with E-state index >= 15 is 0 Å². The summed E-state index contributed by atoms with van der Waals surface area (Å²) in [6.45, 7) is -33.8. The molecule has 14 rings (SSSR count). The minimum Gasteiger partial charge on any atom is -0.278 e. The molecule has 0 spiro atoms. The normalized spacial score (nSPS) is 25.3. The van der Waals surface area contributed by atoms with E-state index in [0.29, 0.717) is 70.5 Å². The second-order valence-corrected chi connectivity index (χ2v) is 14.6. The second-order valence-electron chi connectivity index (χ2n) is 14.6. The number of fused-ring (bicyclic) bond motifs is 10. The maximum atomic E-state index is 9.53.